The largest absolute Gasteiger partial charge is 0.379 e. The van der Waals surface area contributed by atoms with E-state index in [1.165, 1.54) is 29.8 Å². The molecule has 0 N–H and O–H groups in total. The van der Waals surface area contributed by atoms with Crippen LogP contribution >= 0.6 is 0 Å². The van der Waals surface area contributed by atoms with E-state index < -0.39 is 10.0 Å². The molecule has 3 rings (SSSR count). The Bertz CT molecular complexity index is 593. The minimum absolute atomic E-state index is 0.258. The third-order valence-corrected chi connectivity index (χ3v) is 6.17. The monoisotopic (exact) mass is 325 g/mol. The second-order valence-electron chi connectivity index (χ2n) is 6.02. The van der Waals surface area contributed by atoms with Crippen molar-refractivity contribution >= 4 is 15.8 Å². The average molecular weight is 325 g/mol. The molecule has 1 aliphatic carbocycles. The first-order valence-corrected chi connectivity index (χ1v) is 9.26. The number of hydrogen-bond acceptors (Lipinski definition) is 5. The van der Waals surface area contributed by atoms with E-state index >= 15 is 0 Å². The maximum atomic E-state index is 12.5. The molecule has 1 aromatic heterocycles. The van der Waals surface area contributed by atoms with Crippen molar-refractivity contribution in [1.29, 1.82) is 0 Å². The van der Waals surface area contributed by atoms with Crippen molar-refractivity contribution in [3.8, 4) is 0 Å². The number of pyridine rings is 1. The van der Waals surface area contributed by atoms with Crippen LogP contribution in [-0.4, -0.2) is 57.6 Å². The summed E-state index contributed by atoms with van der Waals surface area (Å²) in [5, 5.41) is 0. The fourth-order valence-electron chi connectivity index (χ4n) is 2.58. The number of anilines is 1. The lowest BCUT2D eigenvalue weighted by Gasteiger charge is -2.26. The van der Waals surface area contributed by atoms with Crippen molar-refractivity contribution in [2.24, 2.45) is 5.92 Å². The van der Waals surface area contributed by atoms with E-state index in [-0.39, 0.29) is 4.90 Å². The highest BCUT2D eigenvalue weighted by Crippen LogP contribution is 2.32. The van der Waals surface area contributed by atoms with E-state index in [0.717, 1.165) is 18.3 Å². The van der Waals surface area contributed by atoms with E-state index in [1.54, 1.807) is 12.1 Å². The molecule has 1 aliphatic heterocycles. The summed E-state index contributed by atoms with van der Waals surface area (Å²) in [7, 11) is -1.45. The molecule has 0 atom stereocenters. The Labute approximate surface area is 132 Å². The summed E-state index contributed by atoms with van der Waals surface area (Å²) in [5.74, 6) is 1.70. The zero-order valence-corrected chi connectivity index (χ0v) is 13.8. The molecule has 0 bridgehead atoms. The van der Waals surface area contributed by atoms with Gasteiger partial charge in [-0.05, 0) is 24.5 Å². The first-order chi connectivity index (χ1) is 10.6. The number of rotatable bonds is 6. The fraction of sp³-hybridized carbons (Fsp3) is 0.667. The van der Waals surface area contributed by atoms with Crippen LogP contribution in [0.4, 0.5) is 5.82 Å². The van der Waals surface area contributed by atoms with E-state index in [2.05, 4.69) is 9.88 Å². The molecule has 0 unspecified atom stereocenters. The lowest BCUT2D eigenvalue weighted by molar-refractivity contribution is 0.0730. The molecule has 2 aliphatic rings. The zero-order chi connectivity index (χ0) is 15.6. The fourth-order valence-corrected chi connectivity index (χ4v) is 3.94. The molecule has 2 fully saturated rings. The van der Waals surface area contributed by atoms with Gasteiger partial charge in [0.1, 0.15) is 10.7 Å². The van der Waals surface area contributed by atoms with Gasteiger partial charge in [-0.1, -0.05) is 12.8 Å². The predicted molar refractivity (Wildman–Crippen MR) is 84.4 cm³/mol. The number of nitrogens with zero attached hydrogens (tertiary/aromatic N) is 3. The van der Waals surface area contributed by atoms with Crippen LogP contribution in [0.5, 0.6) is 0 Å². The van der Waals surface area contributed by atoms with Gasteiger partial charge in [0.25, 0.3) is 0 Å². The molecule has 1 saturated heterocycles. The van der Waals surface area contributed by atoms with Gasteiger partial charge in [0.05, 0.1) is 13.2 Å². The van der Waals surface area contributed by atoms with Crippen LogP contribution in [0, 0.1) is 5.92 Å². The second kappa shape index (κ2) is 6.52. The number of aromatic nitrogens is 1. The van der Waals surface area contributed by atoms with Crippen molar-refractivity contribution in [3.05, 3.63) is 18.3 Å². The lowest BCUT2D eigenvalue weighted by Crippen LogP contribution is -2.40. The highest BCUT2D eigenvalue weighted by molar-refractivity contribution is 7.89. The molecular formula is C15H23N3O3S. The first kappa shape index (κ1) is 15.7. The summed E-state index contributed by atoms with van der Waals surface area (Å²) >= 11 is 0. The maximum absolute atomic E-state index is 12.5. The Hall–Kier alpha value is -1.18. The van der Waals surface area contributed by atoms with Crippen molar-refractivity contribution in [3.63, 3.8) is 0 Å². The van der Waals surface area contributed by atoms with Gasteiger partial charge in [0.2, 0.25) is 10.0 Å². The van der Waals surface area contributed by atoms with Gasteiger partial charge in [-0.2, -0.15) is 4.31 Å². The molecule has 0 aromatic carbocycles. The SMILES string of the molecule is CN(CCC1CC1)c1ccc(S(=O)(=O)N2CCOCC2)cn1. The van der Waals surface area contributed by atoms with Gasteiger partial charge in [0, 0.05) is 32.9 Å². The van der Waals surface area contributed by atoms with Crippen LogP contribution in [0.15, 0.2) is 23.2 Å². The zero-order valence-electron chi connectivity index (χ0n) is 12.9. The molecule has 7 heteroatoms. The van der Waals surface area contributed by atoms with Crippen LogP contribution in [0.1, 0.15) is 19.3 Å². The van der Waals surface area contributed by atoms with Crippen molar-refractivity contribution in [1.82, 2.24) is 9.29 Å². The molecule has 0 spiro atoms. The summed E-state index contributed by atoms with van der Waals surface area (Å²) in [6.45, 7) is 2.69. The van der Waals surface area contributed by atoms with Crippen molar-refractivity contribution in [2.45, 2.75) is 24.2 Å². The first-order valence-electron chi connectivity index (χ1n) is 7.82. The quantitative estimate of drug-likeness (QED) is 0.790. The smallest absolute Gasteiger partial charge is 0.244 e. The van der Waals surface area contributed by atoms with Gasteiger partial charge in [0.15, 0.2) is 0 Å². The van der Waals surface area contributed by atoms with Crippen LogP contribution in [-0.2, 0) is 14.8 Å². The number of ether oxygens (including phenoxy) is 1. The standard InChI is InChI=1S/C15H23N3O3S/c1-17(7-6-13-2-3-13)15-5-4-14(12-16-15)22(19,20)18-8-10-21-11-9-18/h4-5,12-13H,2-3,6-11H2,1H3. The van der Waals surface area contributed by atoms with E-state index in [0.29, 0.717) is 26.3 Å². The Morgan fingerprint density at radius 2 is 2.05 bits per heavy atom. The molecule has 1 saturated carbocycles. The summed E-state index contributed by atoms with van der Waals surface area (Å²) in [6.07, 6.45) is 5.34. The summed E-state index contributed by atoms with van der Waals surface area (Å²) in [4.78, 5) is 6.67. The van der Waals surface area contributed by atoms with E-state index in [4.69, 9.17) is 4.74 Å². The van der Waals surface area contributed by atoms with Crippen LogP contribution < -0.4 is 4.90 Å². The second-order valence-corrected chi connectivity index (χ2v) is 7.96. The molecule has 0 radical (unpaired) electrons. The van der Waals surface area contributed by atoms with Gasteiger partial charge in [-0.3, -0.25) is 0 Å². The molecule has 22 heavy (non-hydrogen) atoms. The van der Waals surface area contributed by atoms with E-state index in [9.17, 15) is 8.42 Å². The minimum Gasteiger partial charge on any atom is -0.379 e. The van der Waals surface area contributed by atoms with Gasteiger partial charge in [-0.25, -0.2) is 13.4 Å². The van der Waals surface area contributed by atoms with Crippen LogP contribution in [0.25, 0.3) is 0 Å². The summed E-state index contributed by atoms with van der Waals surface area (Å²) in [5.41, 5.74) is 0. The summed E-state index contributed by atoms with van der Waals surface area (Å²) < 4.78 is 31.7. The lowest BCUT2D eigenvalue weighted by atomic mass is 10.3. The number of morpholine rings is 1. The van der Waals surface area contributed by atoms with Crippen molar-refractivity contribution < 1.29 is 13.2 Å². The maximum Gasteiger partial charge on any atom is 0.244 e. The highest BCUT2D eigenvalue weighted by Gasteiger charge is 2.26. The van der Waals surface area contributed by atoms with Gasteiger partial charge >= 0.3 is 0 Å². The molecule has 2 heterocycles. The Morgan fingerprint density at radius 3 is 2.64 bits per heavy atom. The third kappa shape index (κ3) is 3.59. The average Bonchev–Trinajstić information content (AvgIpc) is 3.38. The Balaban J connectivity index is 1.66. The predicted octanol–water partition coefficient (Wildman–Crippen LogP) is 1.34. The number of sulfonamides is 1. The van der Waals surface area contributed by atoms with Crippen LogP contribution in [0.2, 0.25) is 0 Å². The van der Waals surface area contributed by atoms with Crippen LogP contribution in [0.3, 0.4) is 0 Å². The van der Waals surface area contributed by atoms with Gasteiger partial charge < -0.3 is 9.64 Å². The summed E-state index contributed by atoms with van der Waals surface area (Å²) in [6, 6.07) is 3.45. The number of hydrogen-bond donors (Lipinski definition) is 0. The van der Waals surface area contributed by atoms with Crippen molar-refractivity contribution in [2.75, 3.05) is 44.8 Å². The Morgan fingerprint density at radius 1 is 1.32 bits per heavy atom. The normalized spacial score (nSPS) is 20.0. The Kier molecular flexibility index (Phi) is 4.65. The van der Waals surface area contributed by atoms with E-state index in [1.807, 2.05) is 7.05 Å². The molecule has 1 aromatic rings. The highest BCUT2D eigenvalue weighted by atomic mass is 32.2. The topological polar surface area (TPSA) is 62.7 Å². The molecule has 122 valence electrons. The molecule has 6 nitrogen and oxygen atoms in total. The minimum atomic E-state index is -3.45. The third-order valence-electron chi connectivity index (χ3n) is 4.29. The van der Waals surface area contributed by atoms with Gasteiger partial charge in [-0.15, -0.1) is 0 Å². The molecular weight excluding hydrogens is 302 g/mol. The molecule has 0 amide bonds.